The highest BCUT2D eigenvalue weighted by atomic mass is 16.4. The summed E-state index contributed by atoms with van der Waals surface area (Å²) in [4.78, 5) is 26.5. The van der Waals surface area contributed by atoms with E-state index in [1.54, 1.807) is 24.4 Å². The number of hydrogen-bond donors (Lipinski definition) is 3. The molecule has 20 heavy (non-hydrogen) atoms. The molecule has 0 bridgehead atoms. The fraction of sp³-hybridized carbons (Fsp3) is 0.0714. The summed E-state index contributed by atoms with van der Waals surface area (Å²) in [6, 6.07) is 8.96. The van der Waals surface area contributed by atoms with E-state index in [0.29, 0.717) is 5.69 Å². The van der Waals surface area contributed by atoms with Crippen molar-refractivity contribution in [1.29, 1.82) is 0 Å². The van der Waals surface area contributed by atoms with Crippen LogP contribution < -0.4 is 5.32 Å². The van der Waals surface area contributed by atoms with Gasteiger partial charge in [-0.1, -0.05) is 6.07 Å². The third-order valence-electron chi connectivity index (χ3n) is 2.59. The van der Waals surface area contributed by atoms with Crippen LogP contribution in [0, 0.1) is 0 Å². The first-order valence-corrected chi connectivity index (χ1v) is 5.82. The molecule has 3 N–H and O–H groups in total. The molecule has 0 spiro atoms. The van der Waals surface area contributed by atoms with E-state index in [4.69, 9.17) is 5.11 Å². The Balaban J connectivity index is 2.06. The summed E-state index contributed by atoms with van der Waals surface area (Å²) < 4.78 is 0. The van der Waals surface area contributed by atoms with E-state index in [0.717, 1.165) is 6.07 Å². The maximum atomic E-state index is 11.8. The molecule has 0 fully saturated rings. The fourth-order valence-electron chi connectivity index (χ4n) is 1.63. The van der Waals surface area contributed by atoms with Gasteiger partial charge in [-0.25, -0.2) is 4.79 Å². The second-order valence-electron chi connectivity index (χ2n) is 4.08. The van der Waals surface area contributed by atoms with Gasteiger partial charge in [0, 0.05) is 11.9 Å². The second-order valence-corrected chi connectivity index (χ2v) is 4.08. The Morgan fingerprint density at radius 1 is 1.20 bits per heavy atom. The Labute approximate surface area is 114 Å². The van der Waals surface area contributed by atoms with Crippen molar-refractivity contribution in [3.05, 3.63) is 53.9 Å². The number of phenolic OH excluding ortho intramolecular Hbond substituents is 1. The van der Waals surface area contributed by atoms with Crippen LogP contribution in [-0.4, -0.2) is 27.1 Å². The van der Waals surface area contributed by atoms with Gasteiger partial charge >= 0.3 is 5.97 Å². The molecule has 1 aromatic carbocycles. The van der Waals surface area contributed by atoms with Gasteiger partial charge in [0.2, 0.25) is 5.91 Å². The monoisotopic (exact) mass is 272 g/mol. The average molecular weight is 272 g/mol. The number of carboxylic acids is 1. The molecular formula is C14H12N2O4. The van der Waals surface area contributed by atoms with Crippen LogP contribution in [0.3, 0.4) is 0 Å². The van der Waals surface area contributed by atoms with Crippen molar-refractivity contribution < 1.29 is 19.8 Å². The first-order valence-electron chi connectivity index (χ1n) is 5.82. The number of carbonyl (C=O) groups is 2. The van der Waals surface area contributed by atoms with Gasteiger partial charge in [0.05, 0.1) is 17.7 Å². The van der Waals surface area contributed by atoms with Crippen LogP contribution in [0.5, 0.6) is 5.75 Å². The number of carbonyl (C=O) groups excluding carboxylic acids is 1. The minimum absolute atomic E-state index is 0.0507. The molecule has 6 heteroatoms. The Bertz CT molecular complexity index is 641. The first-order chi connectivity index (χ1) is 9.56. The number of amides is 1. The zero-order valence-electron chi connectivity index (χ0n) is 10.4. The predicted octanol–water partition coefficient (Wildman–Crippen LogP) is 1.67. The minimum Gasteiger partial charge on any atom is -0.506 e. The van der Waals surface area contributed by atoms with Gasteiger partial charge in [-0.2, -0.15) is 0 Å². The Morgan fingerprint density at radius 3 is 2.60 bits per heavy atom. The molecular weight excluding hydrogens is 260 g/mol. The van der Waals surface area contributed by atoms with Crippen molar-refractivity contribution in [2.75, 3.05) is 5.32 Å². The van der Waals surface area contributed by atoms with Crippen LogP contribution in [0.2, 0.25) is 0 Å². The minimum atomic E-state index is -1.15. The van der Waals surface area contributed by atoms with Crippen molar-refractivity contribution >= 4 is 17.6 Å². The van der Waals surface area contributed by atoms with Crippen molar-refractivity contribution in [2.45, 2.75) is 6.42 Å². The average Bonchev–Trinajstić information content (AvgIpc) is 2.42. The first kappa shape index (κ1) is 13.5. The number of phenols is 1. The molecule has 0 saturated heterocycles. The molecule has 0 aliphatic heterocycles. The predicted molar refractivity (Wildman–Crippen MR) is 71.6 cm³/mol. The summed E-state index contributed by atoms with van der Waals surface area (Å²) in [6.07, 6.45) is 1.66. The van der Waals surface area contributed by atoms with E-state index < -0.39 is 5.97 Å². The highest BCUT2D eigenvalue weighted by Crippen LogP contribution is 2.24. The van der Waals surface area contributed by atoms with E-state index in [1.165, 1.54) is 12.1 Å². The lowest BCUT2D eigenvalue weighted by Gasteiger charge is -2.07. The van der Waals surface area contributed by atoms with Crippen LogP contribution >= 0.6 is 0 Å². The maximum absolute atomic E-state index is 11.8. The lowest BCUT2D eigenvalue weighted by molar-refractivity contribution is -0.115. The van der Waals surface area contributed by atoms with Crippen LogP contribution in [0.1, 0.15) is 16.1 Å². The summed E-state index contributed by atoms with van der Waals surface area (Å²) in [5.74, 6) is -1.78. The molecule has 6 nitrogen and oxygen atoms in total. The number of nitrogens with one attached hydrogen (secondary N) is 1. The van der Waals surface area contributed by atoms with Crippen molar-refractivity contribution in [3.63, 3.8) is 0 Å². The number of nitrogens with zero attached hydrogens (tertiary/aromatic N) is 1. The molecule has 0 unspecified atom stereocenters. The molecule has 1 aromatic heterocycles. The van der Waals surface area contributed by atoms with Crippen molar-refractivity contribution in [3.8, 4) is 5.75 Å². The molecule has 0 radical (unpaired) electrons. The topological polar surface area (TPSA) is 99.5 Å². The van der Waals surface area contributed by atoms with Crippen LogP contribution in [-0.2, 0) is 11.2 Å². The normalized spacial score (nSPS) is 10.0. The van der Waals surface area contributed by atoms with E-state index >= 15 is 0 Å². The quantitative estimate of drug-likeness (QED) is 0.735. The van der Waals surface area contributed by atoms with Gasteiger partial charge in [0.25, 0.3) is 0 Å². The Hall–Kier alpha value is -2.89. The van der Waals surface area contributed by atoms with Gasteiger partial charge in [0.15, 0.2) is 0 Å². The standard InChI is InChI=1S/C14H12N2O4/c17-12-7-9(14(19)20)4-5-11(12)16-13(18)8-10-3-1-2-6-15-10/h1-7,17H,8H2,(H,16,18)(H,19,20). The molecule has 1 amide bonds. The van der Waals surface area contributed by atoms with E-state index in [9.17, 15) is 14.7 Å². The van der Waals surface area contributed by atoms with Crippen LogP contribution in [0.4, 0.5) is 5.69 Å². The second kappa shape index (κ2) is 5.83. The van der Waals surface area contributed by atoms with E-state index in [-0.39, 0.29) is 29.3 Å². The lowest BCUT2D eigenvalue weighted by Crippen LogP contribution is -2.15. The van der Waals surface area contributed by atoms with Gasteiger partial charge in [0.1, 0.15) is 5.75 Å². The smallest absolute Gasteiger partial charge is 0.335 e. The molecule has 0 saturated carbocycles. The summed E-state index contributed by atoms with van der Waals surface area (Å²) in [5.41, 5.74) is 0.716. The summed E-state index contributed by atoms with van der Waals surface area (Å²) >= 11 is 0. The molecule has 0 aliphatic rings. The van der Waals surface area contributed by atoms with Gasteiger partial charge < -0.3 is 15.5 Å². The van der Waals surface area contributed by atoms with Crippen LogP contribution in [0.15, 0.2) is 42.6 Å². The number of rotatable bonds is 4. The van der Waals surface area contributed by atoms with Crippen LogP contribution in [0.25, 0.3) is 0 Å². The molecule has 1 heterocycles. The third-order valence-corrected chi connectivity index (χ3v) is 2.59. The number of aromatic hydroxyl groups is 1. The number of aromatic carboxylic acids is 1. The zero-order valence-corrected chi connectivity index (χ0v) is 10.4. The number of carboxylic acid groups (broad SMARTS) is 1. The Kier molecular flexibility index (Phi) is 3.95. The molecule has 0 atom stereocenters. The van der Waals surface area contributed by atoms with Gasteiger partial charge in [-0.15, -0.1) is 0 Å². The summed E-state index contributed by atoms with van der Waals surface area (Å²) in [7, 11) is 0. The fourth-order valence-corrected chi connectivity index (χ4v) is 1.63. The number of pyridine rings is 1. The largest absolute Gasteiger partial charge is 0.506 e. The van der Waals surface area contributed by atoms with Gasteiger partial charge in [-0.05, 0) is 30.3 Å². The number of benzene rings is 1. The maximum Gasteiger partial charge on any atom is 0.335 e. The third kappa shape index (κ3) is 3.32. The summed E-state index contributed by atoms with van der Waals surface area (Å²) in [5, 5.41) is 20.9. The van der Waals surface area contributed by atoms with Gasteiger partial charge in [-0.3, -0.25) is 9.78 Å². The molecule has 2 aromatic rings. The zero-order chi connectivity index (χ0) is 14.5. The number of aromatic nitrogens is 1. The summed E-state index contributed by atoms with van der Waals surface area (Å²) in [6.45, 7) is 0. The molecule has 2 rings (SSSR count). The number of anilines is 1. The van der Waals surface area contributed by atoms with Crippen molar-refractivity contribution in [2.24, 2.45) is 0 Å². The highest BCUT2D eigenvalue weighted by molar-refractivity contribution is 5.95. The molecule has 102 valence electrons. The van der Waals surface area contributed by atoms with Crippen molar-refractivity contribution in [1.82, 2.24) is 4.98 Å². The molecule has 0 aliphatic carbocycles. The SMILES string of the molecule is O=C(Cc1ccccn1)Nc1ccc(C(=O)O)cc1O. The Morgan fingerprint density at radius 2 is 2.00 bits per heavy atom. The lowest BCUT2D eigenvalue weighted by atomic mass is 10.2. The highest BCUT2D eigenvalue weighted by Gasteiger charge is 2.10. The number of hydrogen-bond acceptors (Lipinski definition) is 4. The van der Waals surface area contributed by atoms with E-state index in [1.807, 2.05) is 0 Å². The van der Waals surface area contributed by atoms with E-state index in [2.05, 4.69) is 10.3 Å².